The topological polar surface area (TPSA) is 29.5 Å². The second-order valence-corrected chi connectivity index (χ2v) is 6.41. The predicted molar refractivity (Wildman–Crippen MR) is 73.7 cm³/mol. The molecular formula is C13H11BrF2O2S. The van der Waals surface area contributed by atoms with Crippen molar-refractivity contribution in [1.82, 2.24) is 0 Å². The van der Waals surface area contributed by atoms with E-state index in [1.807, 2.05) is 6.92 Å². The van der Waals surface area contributed by atoms with Gasteiger partial charge in [-0.15, -0.1) is 11.3 Å². The van der Waals surface area contributed by atoms with Crippen molar-refractivity contribution in [3.05, 3.63) is 49.6 Å². The maximum Gasteiger partial charge on any atom is 0.136 e. The Balaban J connectivity index is 2.46. The first-order chi connectivity index (χ1) is 8.93. The molecule has 0 fully saturated rings. The first kappa shape index (κ1) is 14.4. The molecule has 0 saturated carbocycles. The molecule has 0 bridgehead atoms. The summed E-state index contributed by atoms with van der Waals surface area (Å²) in [5, 5.41) is 10.1. The maximum atomic E-state index is 13.9. The molecule has 1 heterocycles. The number of ether oxygens (including phenoxy) is 1. The Labute approximate surface area is 121 Å². The van der Waals surface area contributed by atoms with Gasteiger partial charge in [0.25, 0.3) is 0 Å². The first-order valence-corrected chi connectivity index (χ1v) is 7.01. The standard InChI is InChI=1S/C13H11BrF2O2S/c1-6-3-10(19-13(6)14)12(17)11-8(15)4-7(18-2)5-9(11)16/h3-5,12,17H,1-2H3. The highest BCUT2D eigenvalue weighted by molar-refractivity contribution is 9.11. The lowest BCUT2D eigenvalue weighted by Crippen LogP contribution is -2.05. The summed E-state index contributed by atoms with van der Waals surface area (Å²) in [6.07, 6.45) is -1.33. The monoisotopic (exact) mass is 348 g/mol. The molecule has 0 aliphatic rings. The summed E-state index contributed by atoms with van der Waals surface area (Å²) < 4.78 is 33.3. The number of aliphatic hydroxyl groups is 1. The number of rotatable bonds is 3. The van der Waals surface area contributed by atoms with Crippen molar-refractivity contribution < 1.29 is 18.6 Å². The number of benzene rings is 1. The van der Waals surface area contributed by atoms with E-state index < -0.39 is 17.7 Å². The second-order valence-electron chi connectivity index (χ2n) is 4.01. The Bertz CT molecular complexity index is 570. The van der Waals surface area contributed by atoms with Gasteiger partial charge in [0, 0.05) is 17.0 Å². The van der Waals surface area contributed by atoms with Crippen LogP contribution in [0.25, 0.3) is 0 Å². The number of thiophene rings is 1. The van der Waals surface area contributed by atoms with Crippen molar-refractivity contribution in [2.45, 2.75) is 13.0 Å². The highest BCUT2D eigenvalue weighted by Crippen LogP contribution is 2.36. The lowest BCUT2D eigenvalue weighted by Gasteiger charge is -2.12. The Morgan fingerprint density at radius 2 is 1.84 bits per heavy atom. The van der Waals surface area contributed by atoms with Crippen molar-refractivity contribution >= 4 is 27.3 Å². The fourth-order valence-electron chi connectivity index (χ4n) is 1.70. The summed E-state index contributed by atoms with van der Waals surface area (Å²) in [6.45, 7) is 1.84. The third kappa shape index (κ3) is 2.80. The van der Waals surface area contributed by atoms with E-state index in [0.717, 1.165) is 21.5 Å². The molecule has 0 radical (unpaired) electrons. The molecule has 6 heteroatoms. The van der Waals surface area contributed by atoms with Gasteiger partial charge < -0.3 is 9.84 Å². The molecule has 1 aromatic carbocycles. The van der Waals surface area contributed by atoms with Gasteiger partial charge in [0.05, 0.1) is 16.5 Å². The van der Waals surface area contributed by atoms with Crippen LogP contribution in [0.5, 0.6) is 5.75 Å². The zero-order chi connectivity index (χ0) is 14.2. The Morgan fingerprint density at radius 3 is 2.26 bits per heavy atom. The van der Waals surface area contributed by atoms with Gasteiger partial charge >= 0.3 is 0 Å². The minimum Gasteiger partial charge on any atom is -0.497 e. The molecule has 0 aliphatic heterocycles. The maximum absolute atomic E-state index is 13.9. The van der Waals surface area contributed by atoms with Crippen LogP contribution < -0.4 is 4.74 Å². The summed E-state index contributed by atoms with van der Waals surface area (Å²) in [4.78, 5) is 0.479. The zero-order valence-corrected chi connectivity index (χ0v) is 12.6. The summed E-state index contributed by atoms with van der Waals surface area (Å²) in [5.74, 6) is -1.58. The normalized spacial score (nSPS) is 12.5. The third-order valence-electron chi connectivity index (χ3n) is 2.71. The number of halogens is 3. The average molecular weight is 349 g/mol. The third-order valence-corrected chi connectivity index (χ3v) is 4.90. The van der Waals surface area contributed by atoms with Crippen LogP contribution in [0, 0.1) is 18.6 Å². The summed E-state index contributed by atoms with van der Waals surface area (Å²) >= 11 is 4.56. The van der Waals surface area contributed by atoms with E-state index in [9.17, 15) is 13.9 Å². The van der Waals surface area contributed by atoms with Crippen LogP contribution >= 0.6 is 27.3 Å². The molecule has 102 valence electrons. The number of aliphatic hydroxyl groups excluding tert-OH is 1. The lowest BCUT2D eigenvalue weighted by atomic mass is 10.1. The smallest absolute Gasteiger partial charge is 0.136 e. The molecule has 2 aromatic rings. The van der Waals surface area contributed by atoms with E-state index in [4.69, 9.17) is 4.74 Å². The van der Waals surface area contributed by atoms with Crippen LogP contribution in [-0.2, 0) is 0 Å². The highest BCUT2D eigenvalue weighted by Gasteiger charge is 2.23. The van der Waals surface area contributed by atoms with Crippen molar-refractivity contribution in [3.63, 3.8) is 0 Å². The summed E-state index contributed by atoms with van der Waals surface area (Å²) in [5.41, 5.74) is 0.544. The van der Waals surface area contributed by atoms with Crippen molar-refractivity contribution in [3.8, 4) is 5.75 Å². The van der Waals surface area contributed by atoms with Gasteiger partial charge in [-0.25, -0.2) is 8.78 Å². The Morgan fingerprint density at radius 1 is 1.26 bits per heavy atom. The molecule has 19 heavy (non-hydrogen) atoms. The van der Waals surface area contributed by atoms with Gasteiger partial charge in [-0.1, -0.05) is 0 Å². The second kappa shape index (κ2) is 5.56. The van der Waals surface area contributed by atoms with E-state index in [2.05, 4.69) is 15.9 Å². The van der Waals surface area contributed by atoms with E-state index >= 15 is 0 Å². The molecular weight excluding hydrogens is 338 g/mol. The van der Waals surface area contributed by atoms with Crippen LogP contribution in [-0.4, -0.2) is 12.2 Å². The van der Waals surface area contributed by atoms with Crippen LogP contribution in [0.1, 0.15) is 22.1 Å². The SMILES string of the molecule is COc1cc(F)c(C(O)c2cc(C)c(Br)s2)c(F)c1. The van der Waals surface area contributed by atoms with Crippen LogP contribution in [0.3, 0.4) is 0 Å². The average Bonchev–Trinajstić information content (AvgIpc) is 2.68. The minimum atomic E-state index is -1.33. The summed E-state index contributed by atoms with van der Waals surface area (Å²) in [6, 6.07) is 3.80. The largest absolute Gasteiger partial charge is 0.497 e. The number of aryl methyl sites for hydroxylation is 1. The fourth-order valence-corrected chi connectivity index (χ4v) is 3.27. The van der Waals surface area contributed by atoms with Gasteiger partial charge in [-0.3, -0.25) is 0 Å². The Hall–Kier alpha value is -0.980. The molecule has 0 aliphatic carbocycles. The van der Waals surface area contributed by atoms with Gasteiger partial charge in [0.2, 0.25) is 0 Å². The van der Waals surface area contributed by atoms with Crippen molar-refractivity contribution in [1.29, 1.82) is 0 Å². The Kier molecular flexibility index (Phi) is 4.23. The van der Waals surface area contributed by atoms with Crippen molar-refractivity contribution in [2.75, 3.05) is 7.11 Å². The van der Waals surface area contributed by atoms with Gasteiger partial charge in [0.1, 0.15) is 23.5 Å². The molecule has 0 spiro atoms. The van der Waals surface area contributed by atoms with E-state index in [-0.39, 0.29) is 11.3 Å². The molecule has 2 rings (SSSR count). The van der Waals surface area contributed by atoms with Crippen molar-refractivity contribution in [2.24, 2.45) is 0 Å². The van der Waals surface area contributed by atoms with Gasteiger partial charge in [-0.05, 0) is 34.5 Å². The van der Waals surface area contributed by atoms with Crippen LogP contribution in [0.4, 0.5) is 8.78 Å². The minimum absolute atomic E-state index is 0.0782. The van der Waals surface area contributed by atoms with E-state index in [1.165, 1.54) is 18.4 Å². The number of hydrogen-bond acceptors (Lipinski definition) is 3. The molecule has 0 saturated heterocycles. The van der Waals surface area contributed by atoms with E-state index in [1.54, 1.807) is 6.07 Å². The van der Waals surface area contributed by atoms with Gasteiger partial charge in [-0.2, -0.15) is 0 Å². The summed E-state index contributed by atoms with van der Waals surface area (Å²) in [7, 11) is 1.32. The number of methoxy groups -OCH3 is 1. The number of hydrogen-bond donors (Lipinski definition) is 1. The van der Waals surface area contributed by atoms with Gasteiger partial charge in [0.15, 0.2) is 0 Å². The molecule has 2 nitrogen and oxygen atoms in total. The van der Waals surface area contributed by atoms with Crippen LogP contribution in [0.2, 0.25) is 0 Å². The molecule has 1 unspecified atom stereocenters. The molecule has 1 atom stereocenters. The highest BCUT2D eigenvalue weighted by atomic mass is 79.9. The molecule has 0 amide bonds. The lowest BCUT2D eigenvalue weighted by molar-refractivity contribution is 0.212. The fraction of sp³-hybridized carbons (Fsp3) is 0.231. The predicted octanol–water partition coefficient (Wildman–Crippen LogP) is 4.19. The van der Waals surface area contributed by atoms with E-state index in [0.29, 0.717) is 4.88 Å². The molecule has 1 N–H and O–H groups in total. The first-order valence-electron chi connectivity index (χ1n) is 5.41. The quantitative estimate of drug-likeness (QED) is 0.901. The van der Waals surface area contributed by atoms with Crippen LogP contribution in [0.15, 0.2) is 22.0 Å². The zero-order valence-electron chi connectivity index (χ0n) is 10.2. The molecule has 1 aromatic heterocycles.